The topological polar surface area (TPSA) is 0 Å². The third-order valence-electron chi connectivity index (χ3n) is 3.35. The van der Waals surface area contributed by atoms with Crippen LogP contribution in [0.5, 0.6) is 0 Å². The van der Waals surface area contributed by atoms with E-state index in [4.69, 9.17) is 0 Å². The second-order valence-electron chi connectivity index (χ2n) is 5.05. The maximum Gasteiger partial charge on any atom is 0.123 e. The summed E-state index contributed by atoms with van der Waals surface area (Å²) >= 11 is 0. The zero-order chi connectivity index (χ0) is 13.3. The van der Waals surface area contributed by atoms with Gasteiger partial charge >= 0.3 is 0 Å². The fourth-order valence-corrected chi connectivity index (χ4v) is 2.60. The van der Waals surface area contributed by atoms with Crippen molar-refractivity contribution in [2.45, 2.75) is 33.6 Å². The first-order chi connectivity index (χ1) is 8.50. The summed E-state index contributed by atoms with van der Waals surface area (Å²) in [6, 6.07) is 12.0. The molecular formula is C17H18F. The molecule has 0 aliphatic carbocycles. The monoisotopic (exact) mass is 241 g/mol. The van der Waals surface area contributed by atoms with Gasteiger partial charge in [0, 0.05) is 0 Å². The van der Waals surface area contributed by atoms with Crippen molar-refractivity contribution in [2.75, 3.05) is 0 Å². The van der Waals surface area contributed by atoms with E-state index in [0.717, 1.165) is 11.1 Å². The first-order valence-electron chi connectivity index (χ1n) is 6.28. The number of hydrogen-bond donors (Lipinski definition) is 0. The third-order valence-corrected chi connectivity index (χ3v) is 3.35. The van der Waals surface area contributed by atoms with Gasteiger partial charge in [0.25, 0.3) is 0 Å². The van der Waals surface area contributed by atoms with Crippen molar-refractivity contribution < 1.29 is 4.39 Å². The van der Waals surface area contributed by atoms with E-state index in [-0.39, 0.29) is 5.82 Å². The van der Waals surface area contributed by atoms with Gasteiger partial charge in [0.15, 0.2) is 0 Å². The average molecular weight is 241 g/mol. The van der Waals surface area contributed by atoms with Crippen molar-refractivity contribution in [3.05, 3.63) is 58.9 Å². The van der Waals surface area contributed by atoms with Crippen molar-refractivity contribution in [1.82, 2.24) is 0 Å². The normalized spacial score (nSPS) is 11.0. The molecular weight excluding hydrogens is 223 g/mol. The Morgan fingerprint density at radius 3 is 2.22 bits per heavy atom. The molecule has 0 fully saturated rings. The zero-order valence-corrected chi connectivity index (χ0v) is 11.3. The molecule has 0 spiro atoms. The molecule has 0 atom stereocenters. The first-order valence-corrected chi connectivity index (χ1v) is 6.28. The molecule has 18 heavy (non-hydrogen) atoms. The fraction of sp³-hybridized carbons (Fsp3) is 0.294. The van der Waals surface area contributed by atoms with Crippen LogP contribution in [0.1, 0.15) is 36.5 Å². The molecule has 2 aromatic carbocycles. The molecule has 0 aromatic heterocycles. The highest BCUT2D eigenvalue weighted by Gasteiger charge is 2.12. The molecule has 0 saturated heterocycles. The van der Waals surface area contributed by atoms with Crippen molar-refractivity contribution in [3.63, 3.8) is 0 Å². The van der Waals surface area contributed by atoms with Gasteiger partial charge in [-0.3, -0.25) is 0 Å². The van der Waals surface area contributed by atoms with Crippen LogP contribution in [0, 0.1) is 25.7 Å². The van der Waals surface area contributed by atoms with E-state index in [0.29, 0.717) is 5.92 Å². The molecule has 0 unspecified atom stereocenters. The molecule has 0 N–H and O–H groups in total. The Balaban J connectivity index is 2.59. The Morgan fingerprint density at radius 1 is 1.06 bits per heavy atom. The van der Waals surface area contributed by atoms with Crippen molar-refractivity contribution in [3.8, 4) is 11.1 Å². The van der Waals surface area contributed by atoms with Gasteiger partial charge in [-0.2, -0.15) is 0 Å². The van der Waals surface area contributed by atoms with Crippen molar-refractivity contribution >= 4 is 0 Å². The number of rotatable bonds is 2. The van der Waals surface area contributed by atoms with Gasteiger partial charge in [0.1, 0.15) is 5.82 Å². The number of hydrogen-bond acceptors (Lipinski definition) is 0. The summed E-state index contributed by atoms with van der Waals surface area (Å²) in [5.41, 5.74) is 5.98. The lowest BCUT2D eigenvalue weighted by Gasteiger charge is -2.17. The number of halogens is 1. The van der Waals surface area contributed by atoms with Gasteiger partial charge in [0.2, 0.25) is 0 Å². The molecule has 0 bridgehead atoms. The van der Waals surface area contributed by atoms with Crippen molar-refractivity contribution in [2.24, 2.45) is 0 Å². The van der Waals surface area contributed by atoms with E-state index >= 15 is 0 Å². The Labute approximate surface area is 108 Å². The molecule has 0 aliphatic rings. The Kier molecular flexibility index (Phi) is 3.51. The average Bonchev–Trinajstić information content (AvgIpc) is 2.30. The third kappa shape index (κ3) is 2.31. The number of aryl methyl sites for hydroxylation is 1. The summed E-state index contributed by atoms with van der Waals surface area (Å²) in [5.74, 6) is 0.284. The van der Waals surface area contributed by atoms with E-state index < -0.39 is 0 Å². The predicted octanol–water partition coefficient (Wildman–Crippen LogP) is 5.03. The Bertz CT molecular complexity index is 551. The van der Waals surface area contributed by atoms with E-state index in [1.165, 1.54) is 28.8 Å². The van der Waals surface area contributed by atoms with Crippen LogP contribution in [0.3, 0.4) is 0 Å². The van der Waals surface area contributed by atoms with Crippen LogP contribution >= 0.6 is 0 Å². The minimum absolute atomic E-state index is 0.201. The lowest BCUT2D eigenvalue weighted by molar-refractivity contribution is 0.628. The molecule has 0 heterocycles. The smallest absolute Gasteiger partial charge is 0.123 e. The fourth-order valence-electron chi connectivity index (χ4n) is 2.60. The molecule has 2 rings (SSSR count). The summed E-state index contributed by atoms with van der Waals surface area (Å²) in [4.78, 5) is 0. The summed E-state index contributed by atoms with van der Waals surface area (Å²) in [7, 11) is 0. The van der Waals surface area contributed by atoms with Crippen molar-refractivity contribution in [1.29, 1.82) is 0 Å². The van der Waals surface area contributed by atoms with Crippen LogP contribution in [-0.4, -0.2) is 0 Å². The molecule has 2 aromatic rings. The molecule has 0 nitrogen and oxygen atoms in total. The summed E-state index contributed by atoms with van der Waals surface area (Å²) in [5, 5.41) is 0. The SMILES string of the molecule is Cc1c[c]c(-c2ccc(F)cc2)c(C)c1C(C)C. The van der Waals surface area contributed by atoms with Crippen LogP contribution in [0.25, 0.3) is 11.1 Å². The van der Waals surface area contributed by atoms with Gasteiger partial charge in [-0.1, -0.05) is 32.0 Å². The zero-order valence-electron chi connectivity index (χ0n) is 11.3. The highest BCUT2D eigenvalue weighted by Crippen LogP contribution is 2.31. The Morgan fingerprint density at radius 2 is 1.67 bits per heavy atom. The maximum atomic E-state index is 13.0. The first kappa shape index (κ1) is 12.8. The lowest BCUT2D eigenvalue weighted by Crippen LogP contribution is -1.98. The molecule has 0 aliphatic heterocycles. The van der Waals surface area contributed by atoms with Gasteiger partial charge in [-0.25, -0.2) is 4.39 Å². The van der Waals surface area contributed by atoms with Crippen LogP contribution in [-0.2, 0) is 0 Å². The van der Waals surface area contributed by atoms with Crippen LogP contribution in [0.2, 0.25) is 0 Å². The largest absolute Gasteiger partial charge is 0.207 e. The van der Waals surface area contributed by atoms with Gasteiger partial charge in [-0.15, -0.1) is 0 Å². The van der Waals surface area contributed by atoms with Crippen LogP contribution in [0.4, 0.5) is 4.39 Å². The summed E-state index contributed by atoms with van der Waals surface area (Å²) in [6.07, 6.45) is 0. The van der Waals surface area contributed by atoms with E-state index in [2.05, 4.69) is 33.8 Å². The molecule has 93 valence electrons. The minimum atomic E-state index is -0.201. The summed E-state index contributed by atoms with van der Waals surface area (Å²) < 4.78 is 13.0. The molecule has 0 amide bonds. The minimum Gasteiger partial charge on any atom is -0.207 e. The second-order valence-corrected chi connectivity index (χ2v) is 5.05. The van der Waals surface area contributed by atoms with E-state index in [9.17, 15) is 4.39 Å². The van der Waals surface area contributed by atoms with Gasteiger partial charge in [0.05, 0.1) is 0 Å². The van der Waals surface area contributed by atoms with Gasteiger partial charge < -0.3 is 0 Å². The predicted molar refractivity (Wildman–Crippen MR) is 74.2 cm³/mol. The maximum absolute atomic E-state index is 13.0. The molecule has 0 saturated carbocycles. The van der Waals surface area contributed by atoms with Crippen LogP contribution < -0.4 is 0 Å². The quantitative estimate of drug-likeness (QED) is 0.691. The van der Waals surface area contributed by atoms with Crippen LogP contribution in [0.15, 0.2) is 30.3 Å². The standard InChI is InChI=1S/C17H18F/c1-11(2)17-12(3)5-10-16(13(17)4)14-6-8-15(18)9-7-14/h5-9,11H,1-4H3. The molecule has 1 radical (unpaired) electrons. The Hall–Kier alpha value is -1.63. The number of benzene rings is 2. The molecule has 1 heteroatoms. The highest BCUT2D eigenvalue weighted by molar-refractivity contribution is 5.69. The van der Waals surface area contributed by atoms with E-state index in [1.807, 2.05) is 18.2 Å². The van der Waals surface area contributed by atoms with Gasteiger partial charge in [-0.05, 0) is 65.8 Å². The summed E-state index contributed by atoms with van der Waals surface area (Å²) in [6.45, 7) is 8.64. The van der Waals surface area contributed by atoms with E-state index in [1.54, 1.807) is 0 Å². The second kappa shape index (κ2) is 4.93. The highest BCUT2D eigenvalue weighted by atomic mass is 19.1. The lowest BCUT2D eigenvalue weighted by atomic mass is 9.88.